The molecule has 1 aromatic rings. The molecule has 0 bridgehead atoms. The van der Waals surface area contributed by atoms with Crippen molar-refractivity contribution in [1.82, 2.24) is 9.78 Å². The van der Waals surface area contributed by atoms with Crippen molar-refractivity contribution in [3.05, 3.63) is 11.4 Å². The van der Waals surface area contributed by atoms with Crippen molar-refractivity contribution in [2.45, 2.75) is 65.8 Å². The molecule has 0 amide bonds. The van der Waals surface area contributed by atoms with Crippen LogP contribution in [-0.4, -0.2) is 14.9 Å². The Balaban J connectivity index is 3.10. The summed E-state index contributed by atoms with van der Waals surface area (Å²) >= 11 is 0. The van der Waals surface area contributed by atoms with E-state index in [0.717, 1.165) is 30.7 Å². The van der Waals surface area contributed by atoms with Crippen LogP contribution >= 0.6 is 0 Å². The van der Waals surface area contributed by atoms with Crippen LogP contribution in [0, 0.1) is 0 Å². The number of aromatic nitrogens is 2. The lowest BCUT2D eigenvalue weighted by Gasteiger charge is -2.10. The summed E-state index contributed by atoms with van der Waals surface area (Å²) in [4.78, 5) is 0. The van der Waals surface area contributed by atoms with E-state index in [-0.39, 0.29) is 5.92 Å². The fraction of sp³-hybridized carbons (Fsp3) is 0.769. The van der Waals surface area contributed by atoms with Crippen LogP contribution < -0.4 is 0 Å². The maximum atomic E-state index is 10.2. The van der Waals surface area contributed by atoms with Crippen molar-refractivity contribution < 1.29 is 5.11 Å². The highest BCUT2D eigenvalue weighted by atomic mass is 16.3. The molecule has 1 N–H and O–H groups in total. The molecule has 0 saturated heterocycles. The lowest BCUT2D eigenvalue weighted by atomic mass is 10.1. The Morgan fingerprint density at radius 2 is 1.88 bits per heavy atom. The first kappa shape index (κ1) is 13.1. The van der Waals surface area contributed by atoms with Gasteiger partial charge in [0, 0.05) is 12.0 Å². The molecule has 0 radical (unpaired) electrons. The minimum absolute atomic E-state index is 0.278. The van der Waals surface area contributed by atoms with Gasteiger partial charge >= 0.3 is 0 Å². The molecule has 0 spiro atoms. The normalized spacial score (nSPS) is 11.7. The van der Waals surface area contributed by atoms with E-state index < -0.39 is 0 Å². The van der Waals surface area contributed by atoms with Gasteiger partial charge in [-0.25, -0.2) is 0 Å². The van der Waals surface area contributed by atoms with E-state index in [1.807, 2.05) is 4.68 Å². The maximum Gasteiger partial charge on any atom is 0.160 e. The second kappa shape index (κ2) is 5.37. The Kier molecular flexibility index (Phi) is 4.39. The van der Waals surface area contributed by atoms with Crippen molar-refractivity contribution >= 4 is 0 Å². The zero-order chi connectivity index (χ0) is 12.3. The number of hydrogen-bond donors (Lipinski definition) is 1. The van der Waals surface area contributed by atoms with Crippen LogP contribution in [-0.2, 0) is 6.42 Å². The van der Waals surface area contributed by atoms with E-state index in [0.29, 0.717) is 11.8 Å². The van der Waals surface area contributed by atoms with Crippen molar-refractivity contribution in [2.75, 3.05) is 0 Å². The van der Waals surface area contributed by atoms with Gasteiger partial charge < -0.3 is 5.11 Å². The average Bonchev–Trinajstić information content (AvgIpc) is 2.53. The molecule has 0 aliphatic rings. The van der Waals surface area contributed by atoms with E-state index >= 15 is 0 Å². The molecular weight excluding hydrogens is 200 g/mol. The summed E-state index contributed by atoms with van der Waals surface area (Å²) in [6.45, 7) is 10.5. The minimum Gasteiger partial charge on any atom is -0.504 e. The molecule has 0 aromatic carbocycles. The molecule has 0 fully saturated rings. The SMILES string of the molecule is CCCCc1c(O)c(C(C)C)nn1C(C)C. The Labute approximate surface area is 98.5 Å². The predicted octanol–water partition coefficient (Wildman–Crippen LogP) is 3.64. The summed E-state index contributed by atoms with van der Waals surface area (Å²) in [6.07, 6.45) is 3.16. The molecule has 0 aliphatic carbocycles. The van der Waals surface area contributed by atoms with Crippen LogP contribution in [0.25, 0.3) is 0 Å². The number of aromatic hydroxyl groups is 1. The van der Waals surface area contributed by atoms with E-state index in [1.54, 1.807) is 0 Å². The first-order valence-electron chi connectivity index (χ1n) is 6.29. The lowest BCUT2D eigenvalue weighted by molar-refractivity contribution is 0.448. The third kappa shape index (κ3) is 2.57. The number of unbranched alkanes of at least 4 members (excludes halogenated alkanes) is 1. The molecule has 92 valence electrons. The highest BCUT2D eigenvalue weighted by Crippen LogP contribution is 2.31. The molecule has 0 saturated carbocycles. The van der Waals surface area contributed by atoms with Crippen LogP contribution in [0.5, 0.6) is 5.75 Å². The highest BCUT2D eigenvalue weighted by molar-refractivity contribution is 5.34. The molecule has 0 aliphatic heterocycles. The van der Waals surface area contributed by atoms with Crippen LogP contribution in [0.15, 0.2) is 0 Å². The number of hydrogen-bond acceptors (Lipinski definition) is 2. The lowest BCUT2D eigenvalue weighted by Crippen LogP contribution is -2.08. The zero-order valence-electron chi connectivity index (χ0n) is 11.1. The Morgan fingerprint density at radius 1 is 1.25 bits per heavy atom. The van der Waals surface area contributed by atoms with E-state index in [1.165, 1.54) is 0 Å². The van der Waals surface area contributed by atoms with Crippen LogP contribution in [0.2, 0.25) is 0 Å². The number of nitrogens with zero attached hydrogens (tertiary/aromatic N) is 2. The van der Waals surface area contributed by atoms with Gasteiger partial charge in [0.15, 0.2) is 5.75 Å². The second-order valence-corrected chi connectivity index (χ2v) is 4.98. The Morgan fingerprint density at radius 3 is 2.31 bits per heavy atom. The molecule has 3 heteroatoms. The summed E-state index contributed by atoms with van der Waals surface area (Å²) in [5.41, 5.74) is 1.83. The fourth-order valence-corrected chi connectivity index (χ4v) is 1.87. The van der Waals surface area contributed by atoms with E-state index in [4.69, 9.17) is 0 Å². The van der Waals surface area contributed by atoms with E-state index in [9.17, 15) is 5.11 Å². The summed E-state index contributed by atoms with van der Waals surface area (Å²) in [7, 11) is 0. The van der Waals surface area contributed by atoms with Gasteiger partial charge in [0.2, 0.25) is 0 Å². The van der Waals surface area contributed by atoms with Crippen LogP contribution in [0.4, 0.5) is 0 Å². The zero-order valence-corrected chi connectivity index (χ0v) is 11.1. The minimum atomic E-state index is 0.278. The topological polar surface area (TPSA) is 38.1 Å². The van der Waals surface area contributed by atoms with Crippen molar-refractivity contribution in [2.24, 2.45) is 0 Å². The van der Waals surface area contributed by atoms with Crippen molar-refractivity contribution in [3.63, 3.8) is 0 Å². The quantitative estimate of drug-likeness (QED) is 0.829. The molecule has 1 rings (SSSR count). The second-order valence-electron chi connectivity index (χ2n) is 4.98. The Hall–Kier alpha value is -0.990. The molecule has 16 heavy (non-hydrogen) atoms. The maximum absolute atomic E-state index is 10.2. The van der Waals surface area contributed by atoms with Crippen LogP contribution in [0.1, 0.15) is 70.8 Å². The first-order valence-corrected chi connectivity index (χ1v) is 6.29. The molecular formula is C13H24N2O. The third-order valence-electron chi connectivity index (χ3n) is 2.81. The monoisotopic (exact) mass is 224 g/mol. The third-order valence-corrected chi connectivity index (χ3v) is 2.81. The van der Waals surface area contributed by atoms with Gasteiger partial charge in [0.1, 0.15) is 5.69 Å². The molecule has 0 atom stereocenters. The highest BCUT2D eigenvalue weighted by Gasteiger charge is 2.19. The van der Waals surface area contributed by atoms with Gasteiger partial charge in [-0.05, 0) is 26.7 Å². The fourth-order valence-electron chi connectivity index (χ4n) is 1.87. The summed E-state index contributed by atoms with van der Waals surface area (Å²) in [5.74, 6) is 0.692. The molecule has 1 heterocycles. The Bertz CT molecular complexity index is 340. The van der Waals surface area contributed by atoms with Gasteiger partial charge in [-0.15, -0.1) is 0 Å². The number of rotatable bonds is 5. The first-order chi connectivity index (χ1) is 7.49. The van der Waals surface area contributed by atoms with Crippen molar-refractivity contribution in [1.29, 1.82) is 0 Å². The smallest absolute Gasteiger partial charge is 0.160 e. The summed E-state index contributed by atoms with van der Waals surface area (Å²) in [5, 5.41) is 14.7. The molecule has 1 aromatic heterocycles. The molecule has 0 unspecified atom stereocenters. The largest absolute Gasteiger partial charge is 0.504 e. The van der Waals surface area contributed by atoms with Crippen LogP contribution in [0.3, 0.4) is 0 Å². The van der Waals surface area contributed by atoms with Gasteiger partial charge in [0.05, 0.1) is 5.69 Å². The van der Waals surface area contributed by atoms with Gasteiger partial charge in [-0.3, -0.25) is 4.68 Å². The van der Waals surface area contributed by atoms with Gasteiger partial charge in [-0.2, -0.15) is 5.10 Å². The van der Waals surface area contributed by atoms with E-state index in [2.05, 4.69) is 39.7 Å². The summed E-state index contributed by atoms with van der Waals surface area (Å²) in [6, 6.07) is 0.310. The summed E-state index contributed by atoms with van der Waals surface area (Å²) < 4.78 is 1.97. The van der Waals surface area contributed by atoms with Gasteiger partial charge in [0.25, 0.3) is 0 Å². The van der Waals surface area contributed by atoms with Gasteiger partial charge in [-0.1, -0.05) is 27.2 Å². The standard InChI is InChI=1S/C13H24N2O/c1-6-7-8-11-13(16)12(9(2)3)14-15(11)10(4)5/h9-10,16H,6-8H2,1-5H3. The predicted molar refractivity (Wildman–Crippen MR) is 67.0 cm³/mol. The average molecular weight is 224 g/mol. The molecule has 3 nitrogen and oxygen atoms in total. The van der Waals surface area contributed by atoms with Crippen molar-refractivity contribution in [3.8, 4) is 5.75 Å².